The van der Waals surface area contributed by atoms with E-state index in [1.54, 1.807) is 12.1 Å². The quantitative estimate of drug-likeness (QED) is 0.724. The van der Waals surface area contributed by atoms with Crippen LogP contribution >= 0.6 is 0 Å². The normalized spacial score (nSPS) is 15.9. The van der Waals surface area contributed by atoms with Crippen LogP contribution in [0, 0.1) is 0 Å². The summed E-state index contributed by atoms with van der Waals surface area (Å²) in [6.07, 6.45) is 1.71. The molecule has 0 radical (unpaired) electrons. The van der Waals surface area contributed by atoms with Gasteiger partial charge in [-0.15, -0.1) is 0 Å². The Hall–Kier alpha value is -2.58. The van der Waals surface area contributed by atoms with Crippen LogP contribution in [0.25, 0.3) is 0 Å². The number of hydrogen-bond donors (Lipinski definition) is 2. The van der Waals surface area contributed by atoms with Gasteiger partial charge < -0.3 is 14.8 Å². The van der Waals surface area contributed by atoms with Crippen molar-refractivity contribution in [1.82, 2.24) is 10.0 Å². The monoisotopic (exact) mass is 416 g/mol. The summed E-state index contributed by atoms with van der Waals surface area (Å²) < 4.78 is 38.2. The van der Waals surface area contributed by atoms with Gasteiger partial charge in [0, 0.05) is 23.6 Å². The van der Waals surface area contributed by atoms with E-state index >= 15 is 0 Å². The highest BCUT2D eigenvalue weighted by molar-refractivity contribution is 7.89. The van der Waals surface area contributed by atoms with Gasteiger partial charge in [-0.1, -0.05) is 26.0 Å². The number of sulfonamides is 1. The molecule has 1 heterocycles. The molecular formula is C21H24N2O5S. The molecular weight excluding hydrogens is 392 g/mol. The van der Waals surface area contributed by atoms with Crippen molar-refractivity contribution in [3.63, 3.8) is 0 Å². The molecule has 1 aliphatic heterocycles. The van der Waals surface area contributed by atoms with Crippen molar-refractivity contribution in [1.29, 1.82) is 0 Å². The number of nitrogens with one attached hydrogen (secondary N) is 2. The van der Waals surface area contributed by atoms with Gasteiger partial charge in [-0.25, -0.2) is 13.1 Å². The average molecular weight is 416 g/mol. The van der Waals surface area contributed by atoms with Crippen LogP contribution in [-0.4, -0.2) is 33.7 Å². The largest absolute Gasteiger partial charge is 0.454 e. The lowest BCUT2D eigenvalue weighted by Gasteiger charge is -2.26. The molecule has 2 aliphatic rings. The molecule has 0 spiro atoms. The topological polar surface area (TPSA) is 93.7 Å². The van der Waals surface area contributed by atoms with E-state index in [9.17, 15) is 13.2 Å². The molecule has 4 rings (SSSR count). The van der Waals surface area contributed by atoms with E-state index in [-0.39, 0.29) is 29.1 Å². The highest BCUT2D eigenvalue weighted by Gasteiger charge is 2.29. The van der Waals surface area contributed by atoms with Crippen LogP contribution < -0.4 is 19.5 Å². The lowest BCUT2D eigenvalue weighted by molar-refractivity contribution is 0.0945. The third-order valence-electron chi connectivity index (χ3n) is 5.15. The van der Waals surface area contributed by atoms with E-state index in [0.29, 0.717) is 23.6 Å². The molecule has 2 aromatic rings. The molecule has 0 bridgehead atoms. The van der Waals surface area contributed by atoms with Gasteiger partial charge in [0.05, 0.1) is 4.90 Å². The third-order valence-corrected chi connectivity index (χ3v) is 6.67. The first kappa shape index (κ1) is 19.7. The first-order valence-corrected chi connectivity index (χ1v) is 11.0. The van der Waals surface area contributed by atoms with E-state index in [0.717, 1.165) is 18.4 Å². The molecule has 2 aromatic carbocycles. The molecule has 2 N–H and O–H groups in total. The van der Waals surface area contributed by atoms with Crippen molar-refractivity contribution in [3.05, 3.63) is 53.6 Å². The molecule has 0 aromatic heterocycles. The smallest absolute Gasteiger partial charge is 0.251 e. The van der Waals surface area contributed by atoms with Gasteiger partial charge >= 0.3 is 0 Å². The molecule has 0 atom stereocenters. The number of fused-ring (bicyclic) bond motifs is 1. The van der Waals surface area contributed by atoms with Crippen LogP contribution in [0.2, 0.25) is 0 Å². The summed E-state index contributed by atoms with van der Waals surface area (Å²) in [4.78, 5) is 12.8. The Balaban J connectivity index is 1.44. The standard InChI is InChI=1S/C21H24N2O5S/c1-21(2,15-6-9-18-19(11-15)28-13-27-18)12-22-20(24)14-4-3-5-17(10-14)29(25,26)23-16-7-8-16/h3-6,9-11,16,23H,7-8,12-13H2,1-2H3,(H,22,24). The third kappa shape index (κ3) is 4.38. The number of ether oxygens (including phenoxy) is 2. The summed E-state index contributed by atoms with van der Waals surface area (Å²) in [6, 6.07) is 11.9. The second-order valence-electron chi connectivity index (χ2n) is 8.06. The van der Waals surface area contributed by atoms with Crippen molar-refractivity contribution in [2.24, 2.45) is 0 Å². The predicted molar refractivity (Wildman–Crippen MR) is 108 cm³/mol. The maximum atomic E-state index is 12.7. The maximum absolute atomic E-state index is 12.7. The molecule has 0 saturated heterocycles. The fourth-order valence-electron chi connectivity index (χ4n) is 3.12. The van der Waals surface area contributed by atoms with Gasteiger partial charge in [0.15, 0.2) is 11.5 Å². The second kappa shape index (κ2) is 7.35. The number of carbonyl (C=O) groups excluding carboxylic acids is 1. The van der Waals surface area contributed by atoms with Crippen LogP contribution in [0.4, 0.5) is 0 Å². The Morgan fingerprint density at radius 1 is 1.10 bits per heavy atom. The molecule has 1 aliphatic carbocycles. The molecule has 1 amide bonds. The zero-order valence-corrected chi connectivity index (χ0v) is 17.2. The van der Waals surface area contributed by atoms with Gasteiger partial charge in [-0.3, -0.25) is 4.79 Å². The van der Waals surface area contributed by atoms with Gasteiger partial charge in [-0.05, 0) is 48.7 Å². The summed E-state index contributed by atoms with van der Waals surface area (Å²) in [5, 5.41) is 2.91. The molecule has 1 fully saturated rings. The number of rotatable bonds is 7. The van der Waals surface area contributed by atoms with Crippen molar-refractivity contribution in [3.8, 4) is 11.5 Å². The van der Waals surface area contributed by atoms with Crippen LogP contribution in [0.15, 0.2) is 47.4 Å². The summed E-state index contributed by atoms with van der Waals surface area (Å²) in [5.74, 6) is 1.09. The summed E-state index contributed by atoms with van der Waals surface area (Å²) in [5.41, 5.74) is 0.964. The molecule has 154 valence electrons. The minimum absolute atomic E-state index is 0.0139. The van der Waals surface area contributed by atoms with Crippen molar-refractivity contribution in [2.45, 2.75) is 43.0 Å². The highest BCUT2D eigenvalue weighted by atomic mass is 32.2. The van der Waals surface area contributed by atoms with Crippen LogP contribution in [0.1, 0.15) is 42.6 Å². The fourth-order valence-corrected chi connectivity index (χ4v) is 4.47. The van der Waals surface area contributed by atoms with E-state index in [1.807, 2.05) is 32.0 Å². The van der Waals surface area contributed by atoms with E-state index in [4.69, 9.17) is 9.47 Å². The van der Waals surface area contributed by atoms with Crippen LogP contribution in [-0.2, 0) is 15.4 Å². The van der Waals surface area contributed by atoms with Crippen LogP contribution in [0.3, 0.4) is 0 Å². The molecule has 1 saturated carbocycles. The Bertz CT molecular complexity index is 1040. The van der Waals surface area contributed by atoms with Gasteiger partial charge in [0.1, 0.15) is 0 Å². The number of carbonyl (C=O) groups is 1. The minimum Gasteiger partial charge on any atom is -0.454 e. The second-order valence-corrected chi connectivity index (χ2v) is 9.77. The molecule has 0 unspecified atom stereocenters. The van der Waals surface area contributed by atoms with Crippen LogP contribution in [0.5, 0.6) is 11.5 Å². The van der Waals surface area contributed by atoms with Gasteiger partial charge in [0.25, 0.3) is 5.91 Å². The summed E-state index contributed by atoms with van der Waals surface area (Å²) in [7, 11) is -3.60. The maximum Gasteiger partial charge on any atom is 0.251 e. The van der Waals surface area contributed by atoms with Crippen molar-refractivity contribution >= 4 is 15.9 Å². The lowest BCUT2D eigenvalue weighted by atomic mass is 9.84. The molecule has 29 heavy (non-hydrogen) atoms. The predicted octanol–water partition coefficient (Wildman–Crippen LogP) is 2.56. The zero-order valence-electron chi connectivity index (χ0n) is 16.4. The van der Waals surface area contributed by atoms with E-state index < -0.39 is 10.0 Å². The Morgan fingerprint density at radius 2 is 1.86 bits per heavy atom. The number of hydrogen-bond acceptors (Lipinski definition) is 5. The van der Waals surface area contributed by atoms with Gasteiger partial charge in [0.2, 0.25) is 16.8 Å². The average Bonchev–Trinajstić information content (AvgIpc) is 3.37. The Morgan fingerprint density at radius 3 is 2.62 bits per heavy atom. The Kier molecular flexibility index (Phi) is 5.00. The zero-order chi connectivity index (χ0) is 20.6. The Labute approximate surface area is 170 Å². The van der Waals surface area contributed by atoms with Crippen molar-refractivity contribution in [2.75, 3.05) is 13.3 Å². The van der Waals surface area contributed by atoms with E-state index in [1.165, 1.54) is 12.1 Å². The first-order valence-electron chi connectivity index (χ1n) is 9.55. The SMILES string of the molecule is CC(C)(CNC(=O)c1cccc(S(=O)(=O)NC2CC2)c1)c1ccc2c(c1)OCO2. The molecule has 7 nitrogen and oxygen atoms in total. The number of amides is 1. The van der Waals surface area contributed by atoms with Gasteiger partial charge in [-0.2, -0.15) is 0 Å². The number of benzene rings is 2. The minimum atomic E-state index is -3.60. The fraction of sp³-hybridized carbons (Fsp3) is 0.381. The summed E-state index contributed by atoms with van der Waals surface area (Å²) in [6.45, 7) is 4.63. The van der Waals surface area contributed by atoms with Crippen molar-refractivity contribution < 1.29 is 22.7 Å². The molecule has 8 heteroatoms. The lowest BCUT2D eigenvalue weighted by Crippen LogP contribution is -2.36. The summed E-state index contributed by atoms with van der Waals surface area (Å²) >= 11 is 0. The first-order chi connectivity index (χ1) is 13.7. The highest BCUT2D eigenvalue weighted by Crippen LogP contribution is 2.36. The van der Waals surface area contributed by atoms with E-state index in [2.05, 4.69) is 10.0 Å².